The molecule has 21 heavy (non-hydrogen) atoms. The van der Waals surface area contributed by atoms with Gasteiger partial charge in [-0.2, -0.15) is 0 Å². The second kappa shape index (κ2) is 6.68. The van der Waals surface area contributed by atoms with Crippen molar-refractivity contribution in [1.29, 1.82) is 0 Å². The van der Waals surface area contributed by atoms with E-state index in [2.05, 4.69) is 32.6 Å². The second-order valence-electron chi connectivity index (χ2n) is 8.68. The summed E-state index contributed by atoms with van der Waals surface area (Å²) in [5, 5.41) is 9.28. The number of aliphatic carboxylic acids is 1. The van der Waals surface area contributed by atoms with E-state index in [9.17, 15) is 9.90 Å². The first kappa shape index (κ1) is 16.8. The highest BCUT2D eigenvalue weighted by molar-refractivity contribution is 5.70. The van der Waals surface area contributed by atoms with Gasteiger partial charge in [0.1, 0.15) is 0 Å². The third-order valence-electron chi connectivity index (χ3n) is 5.67. The summed E-state index contributed by atoms with van der Waals surface area (Å²) in [6, 6.07) is 0. The Balaban J connectivity index is 1.81. The SMILES string of the molecule is CC1CC(C(=O)O)CN(CC2CCC(C(C)(C)C)CC2)C1. The Morgan fingerprint density at radius 1 is 1.14 bits per heavy atom. The summed E-state index contributed by atoms with van der Waals surface area (Å²) in [4.78, 5) is 13.7. The van der Waals surface area contributed by atoms with E-state index in [-0.39, 0.29) is 5.92 Å². The number of nitrogens with zero attached hydrogens (tertiary/aromatic N) is 1. The van der Waals surface area contributed by atoms with E-state index >= 15 is 0 Å². The van der Waals surface area contributed by atoms with Crippen LogP contribution < -0.4 is 0 Å². The predicted octanol–water partition coefficient (Wildman–Crippen LogP) is 3.88. The molecule has 3 heteroatoms. The highest BCUT2D eigenvalue weighted by Crippen LogP contribution is 2.40. The molecule has 2 aliphatic rings. The molecule has 1 aliphatic carbocycles. The van der Waals surface area contributed by atoms with Crippen LogP contribution in [0.2, 0.25) is 0 Å². The molecular formula is C18H33NO2. The zero-order valence-corrected chi connectivity index (χ0v) is 14.3. The molecule has 1 saturated carbocycles. The van der Waals surface area contributed by atoms with E-state index in [4.69, 9.17) is 0 Å². The first-order valence-corrected chi connectivity index (χ1v) is 8.71. The molecule has 1 heterocycles. The van der Waals surface area contributed by atoms with Crippen molar-refractivity contribution >= 4 is 5.97 Å². The maximum atomic E-state index is 11.3. The highest BCUT2D eigenvalue weighted by Gasteiger charge is 2.33. The Kier molecular flexibility index (Phi) is 5.34. The van der Waals surface area contributed by atoms with Crippen LogP contribution >= 0.6 is 0 Å². The number of hydrogen-bond donors (Lipinski definition) is 1. The molecule has 0 bridgehead atoms. The van der Waals surface area contributed by atoms with Gasteiger partial charge in [0.15, 0.2) is 0 Å². The van der Waals surface area contributed by atoms with Gasteiger partial charge in [-0.3, -0.25) is 4.79 Å². The van der Waals surface area contributed by atoms with Gasteiger partial charge in [0.25, 0.3) is 0 Å². The van der Waals surface area contributed by atoms with Crippen molar-refractivity contribution in [3.05, 3.63) is 0 Å². The van der Waals surface area contributed by atoms with Crippen LogP contribution in [0.4, 0.5) is 0 Å². The van der Waals surface area contributed by atoms with Gasteiger partial charge in [0.05, 0.1) is 5.92 Å². The quantitative estimate of drug-likeness (QED) is 0.859. The molecule has 2 rings (SSSR count). The molecule has 0 radical (unpaired) electrons. The zero-order chi connectivity index (χ0) is 15.6. The minimum atomic E-state index is -0.608. The number of rotatable bonds is 3. The summed E-state index contributed by atoms with van der Waals surface area (Å²) < 4.78 is 0. The minimum absolute atomic E-state index is 0.153. The molecule has 0 aromatic heterocycles. The minimum Gasteiger partial charge on any atom is -0.481 e. The zero-order valence-electron chi connectivity index (χ0n) is 14.3. The maximum absolute atomic E-state index is 11.3. The molecule has 0 aromatic carbocycles. The summed E-state index contributed by atoms with van der Waals surface area (Å²) in [7, 11) is 0. The van der Waals surface area contributed by atoms with E-state index in [0.717, 1.165) is 37.9 Å². The van der Waals surface area contributed by atoms with Gasteiger partial charge in [0.2, 0.25) is 0 Å². The number of piperidine rings is 1. The van der Waals surface area contributed by atoms with Crippen LogP contribution in [-0.4, -0.2) is 35.6 Å². The monoisotopic (exact) mass is 295 g/mol. The van der Waals surface area contributed by atoms with E-state index in [1.807, 2.05) is 0 Å². The lowest BCUT2D eigenvalue weighted by Crippen LogP contribution is -2.45. The van der Waals surface area contributed by atoms with Crippen LogP contribution in [0, 0.1) is 29.1 Å². The van der Waals surface area contributed by atoms with E-state index < -0.39 is 5.97 Å². The number of carbonyl (C=O) groups is 1. The van der Waals surface area contributed by atoms with Gasteiger partial charge in [-0.05, 0) is 55.3 Å². The van der Waals surface area contributed by atoms with Crippen molar-refractivity contribution in [2.75, 3.05) is 19.6 Å². The molecule has 1 saturated heterocycles. The number of carboxylic acid groups (broad SMARTS) is 1. The van der Waals surface area contributed by atoms with Crippen molar-refractivity contribution in [3.63, 3.8) is 0 Å². The molecule has 1 aliphatic heterocycles. The van der Waals surface area contributed by atoms with Gasteiger partial charge in [-0.1, -0.05) is 27.7 Å². The fraction of sp³-hybridized carbons (Fsp3) is 0.944. The van der Waals surface area contributed by atoms with Gasteiger partial charge in [0, 0.05) is 19.6 Å². The van der Waals surface area contributed by atoms with Crippen molar-refractivity contribution < 1.29 is 9.90 Å². The van der Waals surface area contributed by atoms with Crippen LogP contribution in [0.5, 0.6) is 0 Å². The predicted molar refractivity (Wildman–Crippen MR) is 86.2 cm³/mol. The first-order chi connectivity index (χ1) is 9.75. The lowest BCUT2D eigenvalue weighted by atomic mass is 9.69. The van der Waals surface area contributed by atoms with Gasteiger partial charge in [-0.25, -0.2) is 0 Å². The summed E-state index contributed by atoms with van der Waals surface area (Å²) >= 11 is 0. The van der Waals surface area contributed by atoms with Gasteiger partial charge in [-0.15, -0.1) is 0 Å². The summed E-state index contributed by atoms with van der Waals surface area (Å²) in [5.41, 5.74) is 0.443. The molecule has 0 aromatic rings. The standard InChI is InChI=1S/C18H33NO2/c1-13-9-15(17(20)21)12-19(10-13)11-14-5-7-16(8-6-14)18(2,3)4/h13-16H,5-12H2,1-4H3,(H,20,21). The van der Waals surface area contributed by atoms with Crippen molar-refractivity contribution in [1.82, 2.24) is 4.90 Å². The highest BCUT2D eigenvalue weighted by atomic mass is 16.4. The lowest BCUT2D eigenvalue weighted by molar-refractivity contribution is -0.144. The number of hydrogen-bond acceptors (Lipinski definition) is 2. The lowest BCUT2D eigenvalue weighted by Gasteiger charge is -2.40. The van der Waals surface area contributed by atoms with E-state index in [1.165, 1.54) is 25.7 Å². The molecule has 2 unspecified atom stereocenters. The van der Waals surface area contributed by atoms with Crippen LogP contribution in [0.15, 0.2) is 0 Å². The van der Waals surface area contributed by atoms with Crippen LogP contribution in [0.1, 0.15) is 59.8 Å². The number of likely N-dealkylation sites (tertiary alicyclic amines) is 1. The van der Waals surface area contributed by atoms with E-state index in [0.29, 0.717) is 11.3 Å². The average molecular weight is 295 g/mol. The average Bonchev–Trinajstić information content (AvgIpc) is 2.37. The molecule has 0 spiro atoms. The topological polar surface area (TPSA) is 40.5 Å². The maximum Gasteiger partial charge on any atom is 0.307 e. The third-order valence-corrected chi connectivity index (χ3v) is 5.67. The van der Waals surface area contributed by atoms with Crippen LogP contribution in [-0.2, 0) is 4.79 Å². The van der Waals surface area contributed by atoms with Gasteiger partial charge < -0.3 is 10.0 Å². The molecule has 2 fully saturated rings. The molecule has 1 N–H and O–H groups in total. The molecular weight excluding hydrogens is 262 g/mol. The molecule has 2 atom stereocenters. The Bertz CT molecular complexity index is 353. The number of carboxylic acids is 1. The smallest absolute Gasteiger partial charge is 0.307 e. The first-order valence-electron chi connectivity index (χ1n) is 8.71. The second-order valence-corrected chi connectivity index (χ2v) is 8.68. The Morgan fingerprint density at radius 2 is 1.76 bits per heavy atom. The fourth-order valence-corrected chi connectivity index (χ4v) is 4.37. The Labute approximate surface area is 130 Å². The largest absolute Gasteiger partial charge is 0.481 e. The Hall–Kier alpha value is -0.570. The molecule has 122 valence electrons. The molecule has 0 amide bonds. The van der Waals surface area contributed by atoms with Crippen molar-refractivity contribution in [2.45, 2.75) is 59.8 Å². The third kappa shape index (κ3) is 4.70. The normalized spacial score (nSPS) is 35.6. The Morgan fingerprint density at radius 3 is 2.29 bits per heavy atom. The van der Waals surface area contributed by atoms with Gasteiger partial charge >= 0.3 is 5.97 Å². The van der Waals surface area contributed by atoms with E-state index in [1.54, 1.807) is 0 Å². The summed E-state index contributed by atoms with van der Waals surface area (Å²) in [6.07, 6.45) is 6.19. The fourth-order valence-electron chi connectivity index (χ4n) is 4.37. The molecule has 3 nitrogen and oxygen atoms in total. The summed E-state index contributed by atoms with van der Waals surface area (Å²) in [6.45, 7) is 12.2. The van der Waals surface area contributed by atoms with Crippen molar-refractivity contribution in [2.24, 2.45) is 29.1 Å². The van der Waals surface area contributed by atoms with Crippen molar-refractivity contribution in [3.8, 4) is 0 Å². The summed E-state index contributed by atoms with van der Waals surface area (Å²) in [5.74, 6) is 1.40. The van der Waals surface area contributed by atoms with Crippen LogP contribution in [0.25, 0.3) is 0 Å². The van der Waals surface area contributed by atoms with Crippen LogP contribution in [0.3, 0.4) is 0 Å².